The van der Waals surface area contributed by atoms with Crippen molar-refractivity contribution in [3.8, 4) is 0 Å². The number of nitrogens with two attached hydrogens (primary N) is 1. The lowest BCUT2D eigenvalue weighted by Crippen LogP contribution is -2.38. The first kappa shape index (κ1) is 16.7. The van der Waals surface area contributed by atoms with Crippen LogP contribution in [-0.4, -0.2) is 29.5 Å². The van der Waals surface area contributed by atoms with Crippen LogP contribution in [-0.2, 0) is 6.54 Å². The van der Waals surface area contributed by atoms with Gasteiger partial charge < -0.3 is 5.73 Å². The van der Waals surface area contributed by atoms with Crippen LogP contribution in [0.15, 0.2) is 6.07 Å². The number of pyridine rings is 1. The van der Waals surface area contributed by atoms with E-state index in [1.807, 2.05) is 13.0 Å². The fraction of sp³-hybridized carbons (Fsp3) is 0.643. The van der Waals surface area contributed by atoms with E-state index in [-0.39, 0.29) is 5.41 Å². The summed E-state index contributed by atoms with van der Waals surface area (Å²) in [5.41, 5.74) is 7.60. The second kappa shape index (κ2) is 6.89. The van der Waals surface area contributed by atoms with E-state index in [4.69, 9.17) is 28.9 Å². The topological polar surface area (TPSA) is 42.2 Å². The Morgan fingerprint density at radius 1 is 1.37 bits per heavy atom. The summed E-state index contributed by atoms with van der Waals surface area (Å²) in [7, 11) is 0. The predicted molar refractivity (Wildman–Crippen MR) is 82.8 cm³/mol. The molecule has 5 heteroatoms. The molecular formula is C14H23Cl2N3. The lowest BCUT2D eigenvalue weighted by Gasteiger charge is -2.31. The highest BCUT2D eigenvalue weighted by Gasteiger charge is 2.21. The molecule has 0 unspecified atom stereocenters. The van der Waals surface area contributed by atoms with Gasteiger partial charge in [-0.05, 0) is 31.5 Å². The highest BCUT2D eigenvalue weighted by Crippen LogP contribution is 2.26. The number of aromatic nitrogens is 1. The van der Waals surface area contributed by atoms with E-state index in [9.17, 15) is 0 Å². The van der Waals surface area contributed by atoms with E-state index < -0.39 is 0 Å². The van der Waals surface area contributed by atoms with Crippen LogP contribution in [0.2, 0.25) is 10.2 Å². The van der Waals surface area contributed by atoms with Crippen molar-refractivity contribution in [2.75, 3.05) is 19.6 Å². The molecule has 1 rings (SSSR count). The predicted octanol–water partition coefficient (Wildman–Crippen LogP) is 3.50. The zero-order valence-corrected chi connectivity index (χ0v) is 13.6. The van der Waals surface area contributed by atoms with Crippen molar-refractivity contribution in [1.82, 2.24) is 9.88 Å². The van der Waals surface area contributed by atoms with Crippen molar-refractivity contribution in [3.05, 3.63) is 27.5 Å². The molecule has 2 N–H and O–H groups in total. The van der Waals surface area contributed by atoms with Crippen LogP contribution in [0, 0.1) is 12.3 Å². The summed E-state index contributed by atoms with van der Waals surface area (Å²) in [6.07, 6.45) is 0. The average Bonchev–Trinajstić information content (AvgIpc) is 2.32. The normalized spacial score (nSPS) is 12.2. The van der Waals surface area contributed by atoms with E-state index in [2.05, 4.69) is 30.7 Å². The van der Waals surface area contributed by atoms with Gasteiger partial charge in [-0.15, -0.1) is 0 Å². The number of hydrogen-bond donors (Lipinski definition) is 1. The largest absolute Gasteiger partial charge is 0.330 e. The van der Waals surface area contributed by atoms with Crippen LogP contribution < -0.4 is 5.73 Å². The Labute approximate surface area is 126 Å². The monoisotopic (exact) mass is 303 g/mol. The maximum Gasteiger partial charge on any atom is 0.135 e. The van der Waals surface area contributed by atoms with Crippen molar-refractivity contribution in [1.29, 1.82) is 0 Å². The van der Waals surface area contributed by atoms with E-state index in [0.717, 1.165) is 24.3 Å². The van der Waals surface area contributed by atoms with Crippen LogP contribution in [0.5, 0.6) is 0 Å². The Kier molecular flexibility index (Phi) is 6.06. The number of halogens is 2. The third-order valence-corrected chi connectivity index (χ3v) is 3.83. The summed E-state index contributed by atoms with van der Waals surface area (Å²) in [5.74, 6) is 0. The number of nitrogens with zero attached hydrogens (tertiary/aromatic N) is 2. The number of rotatable bonds is 6. The fourth-order valence-corrected chi connectivity index (χ4v) is 2.59. The van der Waals surface area contributed by atoms with Gasteiger partial charge in [0.2, 0.25) is 0 Å². The summed E-state index contributed by atoms with van der Waals surface area (Å²) in [6, 6.07) is 1.85. The Morgan fingerprint density at radius 2 is 2.00 bits per heavy atom. The van der Waals surface area contributed by atoms with Crippen LogP contribution in [0.25, 0.3) is 0 Å². The molecule has 0 radical (unpaired) electrons. The molecule has 1 heterocycles. The van der Waals surface area contributed by atoms with Gasteiger partial charge in [-0.1, -0.05) is 44.0 Å². The van der Waals surface area contributed by atoms with Crippen molar-refractivity contribution < 1.29 is 0 Å². The first-order chi connectivity index (χ1) is 8.79. The van der Waals surface area contributed by atoms with Gasteiger partial charge in [-0.25, -0.2) is 4.98 Å². The van der Waals surface area contributed by atoms with Crippen molar-refractivity contribution >= 4 is 23.2 Å². The second-order valence-corrected chi connectivity index (χ2v) is 6.45. The van der Waals surface area contributed by atoms with Gasteiger partial charge in [0, 0.05) is 29.4 Å². The highest BCUT2D eigenvalue weighted by molar-refractivity contribution is 6.35. The van der Waals surface area contributed by atoms with Crippen molar-refractivity contribution in [2.24, 2.45) is 11.1 Å². The maximum atomic E-state index is 6.27. The Hall–Kier alpha value is -0.350. The van der Waals surface area contributed by atoms with Gasteiger partial charge in [0.05, 0.1) is 0 Å². The molecule has 0 aliphatic carbocycles. The minimum Gasteiger partial charge on any atom is -0.330 e. The molecule has 0 atom stereocenters. The molecule has 0 aliphatic rings. The molecule has 0 spiro atoms. The van der Waals surface area contributed by atoms with Gasteiger partial charge in [0.15, 0.2) is 0 Å². The molecular weight excluding hydrogens is 281 g/mol. The summed E-state index contributed by atoms with van der Waals surface area (Å²) in [6.45, 7) is 11.5. The molecule has 19 heavy (non-hydrogen) atoms. The molecule has 0 aliphatic heterocycles. The number of aryl methyl sites for hydroxylation is 1. The molecule has 0 saturated heterocycles. The molecule has 0 aromatic carbocycles. The van der Waals surface area contributed by atoms with Crippen molar-refractivity contribution in [3.63, 3.8) is 0 Å². The highest BCUT2D eigenvalue weighted by atomic mass is 35.5. The van der Waals surface area contributed by atoms with Crippen LogP contribution in [0.3, 0.4) is 0 Å². The van der Waals surface area contributed by atoms with E-state index in [1.165, 1.54) is 0 Å². The van der Waals surface area contributed by atoms with Gasteiger partial charge in [0.1, 0.15) is 5.15 Å². The lowest BCUT2D eigenvalue weighted by molar-refractivity contribution is 0.183. The zero-order valence-electron chi connectivity index (χ0n) is 12.1. The first-order valence-electron chi connectivity index (χ1n) is 6.53. The molecule has 1 aromatic rings. The smallest absolute Gasteiger partial charge is 0.135 e. The summed E-state index contributed by atoms with van der Waals surface area (Å²) in [5, 5.41) is 1.18. The summed E-state index contributed by atoms with van der Waals surface area (Å²) in [4.78, 5) is 6.56. The molecule has 0 fully saturated rings. The summed E-state index contributed by atoms with van der Waals surface area (Å²) >= 11 is 12.5. The molecule has 1 aromatic heterocycles. The average molecular weight is 304 g/mol. The third kappa shape index (κ3) is 4.92. The number of hydrogen-bond acceptors (Lipinski definition) is 3. The minimum atomic E-state index is 0.0765. The van der Waals surface area contributed by atoms with Gasteiger partial charge >= 0.3 is 0 Å². The van der Waals surface area contributed by atoms with Crippen LogP contribution >= 0.6 is 23.2 Å². The zero-order chi connectivity index (χ0) is 14.6. The first-order valence-corrected chi connectivity index (χ1v) is 7.28. The van der Waals surface area contributed by atoms with Crippen LogP contribution in [0.1, 0.15) is 32.0 Å². The Morgan fingerprint density at radius 3 is 2.47 bits per heavy atom. The Bertz CT molecular complexity index is 410. The van der Waals surface area contributed by atoms with E-state index in [0.29, 0.717) is 23.3 Å². The standard InChI is InChI=1S/C14H23Cl2N3/c1-5-19(9-14(3,4)8-17)7-11-12(15)6-10(2)18-13(11)16/h6H,5,7-9,17H2,1-4H3. The Balaban J connectivity index is 2.88. The summed E-state index contributed by atoms with van der Waals surface area (Å²) < 4.78 is 0. The SMILES string of the molecule is CCN(Cc1c(Cl)cc(C)nc1Cl)CC(C)(C)CN. The van der Waals surface area contributed by atoms with Crippen LogP contribution in [0.4, 0.5) is 0 Å². The fourth-order valence-electron chi connectivity index (χ4n) is 1.94. The minimum absolute atomic E-state index is 0.0765. The lowest BCUT2D eigenvalue weighted by atomic mass is 9.93. The van der Waals surface area contributed by atoms with E-state index in [1.54, 1.807) is 0 Å². The quantitative estimate of drug-likeness (QED) is 0.818. The van der Waals surface area contributed by atoms with Gasteiger partial charge in [-0.2, -0.15) is 0 Å². The molecule has 3 nitrogen and oxygen atoms in total. The van der Waals surface area contributed by atoms with E-state index >= 15 is 0 Å². The molecule has 0 amide bonds. The van der Waals surface area contributed by atoms with Gasteiger partial charge in [0.25, 0.3) is 0 Å². The molecule has 0 bridgehead atoms. The third-order valence-electron chi connectivity index (χ3n) is 3.18. The van der Waals surface area contributed by atoms with Gasteiger partial charge in [-0.3, -0.25) is 4.90 Å². The second-order valence-electron chi connectivity index (χ2n) is 5.69. The maximum absolute atomic E-state index is 6.27. The molecule has 0 saturated carbocycles. The van der Waals surface area contributed by atoms with Crippen molar-refractivity contribution in [2.45, 2.75) is 34.2 Å². The molecule has 108 valence electrons.